The van der Waals surface area contributed by atoms with E-state index in [4.69, 9.17) is 4.74 Å². The lowest BCUT2D eigenvalue weighted by molar-refractivity contribution is -0.118. The van der Waals surface area contributed by atoms with Crippen LogP contribution in [0.5, 0.6) is 5.75 Å². The summed E-state index contributed by atoms with van der Waals surface area (Å²) in [6, 6.07) is 13.9. The van der Waals surface area contributed by atoms with Crippen molar-refractivity contribution in [2.24, 2.45) is 5.92 Å². The molecule has 152 valence electrons. The molecule has 3 rings (SSSR count). The Bertz CT molecular complexity index is 1090. The molecule has 0 aliphatic heterocycles. The van der Waals surface area contributed by atoms with Crippen LogP contribution in [0.3, 0.4) is 0 Å². The molecule has 0 aliphatic rings. The molecule has 2 aromatic carbocycles. The standard InChI is InChI=1S/C21H21FN2O4S/c1-15(14-29(26,27)18-8-6-17(28-2)7-9-18)21(25)23-20-13-16(5-10-19(20)22)24-11-3-4-12-24/h3-13,15H,14H2,1-2H3,(H,23,25). The summed E-state index contributed by atoms with van der Waals surface area (Å²) in [6.07, 6.45) is 3.59. The van der Waals surface area contributed by atoms with Gasteiger partial charge in [-0.1, -0.05) is 6.92 Å². The molecule has 8 heteroatoms. The number of halogens is 1. The number of ether oxygens (including phenoxy) is 1. The number of anilines is 1. The summed E-state index contributed by atoms with van der Waals surface area (Å²) in [5, 5.41) is 2.49. The Labute approximate surface area is 168 Å². The van der Waals surface area contributed by atoms with Gasteiger partial charge in [0.2, 0.25) is 5.91 Å². The summed E-state index contributed by atoms with van der Waals surface area (Å²) in [4.78, 5) is 12.6. The van der Waals surface area contributed by atoms with Gasteiger partial charge in [-0.2, -0.15) is 0 Å². The number of hydrogen-bond donors (Lipinski definition) is 1. The van der Waals surface area contributed by atoms with Gasteiger partial charge in [0.1, 0.15) is 11.6 Å². The number of carbonyl (C=O) groups is 1. The summed E-state index contributed by atoms with van der Waals surface area (Å²) < 4.78 is 46.1. The lowest BCUT2D eigenvalue weighted by Crippen LogP contribution is -2.27. The Hall–Kier alpha value is -3.13. The molecule has 6 nitrogen and oxygen atoms in total. The number of rotatable bonds is 7. The Balaban J connectivity index is 1.72. The van der Waals surface area contributed by atoms with E-state index in [9.17, 15) is 17.6 Å². The zero-order valence-corrected chi connectivity index (χ0v) is 16.8. The van der Waals surface area contributed by atoms with Crippen LogP contribution >= 0.6 is 0 Å². The topological polar surface area (TPSA) is 77.4 Å². The normalized spacial score (nSPS) is 12.4. The van der Waals surface area contributed by atoms with E-state index in [0.29, 0.717) is 11.4 Å². The van der Waals surface area contributed by atoms with Crippen LogP contribution in [0.15, 0.2) is 71.9 Å². The summed E-state index contributed by atoms with van der Waals surface area (Å²) >= 11 is 0. The second-order valence-electron chi connectivity index (χ2n) is 6.60. The number of sulfone groups is 1. The van der Waals surface area contributed by atoms with Crippen LogP contribution in [0, 0.1) is 11.7 Å². The summed E-state index contributed by atoms with van der Waals surface area (Å²) in [5.74, 6) is -1.92. The van der Waals surface area contributed by atoms with Crippen molar-refractivity contribution in [1.29, 1.82) is 0 Å². The second-order valence-corrected chi connectivity index (χ2v) is 8.64. The third-order valence-electron chi connectivity index (χ3n) is 4.45. The van der Waals surface area contributed by atoms with Crippen molar-refractivity contribution in [2.45, 2.75) is 11.8 Å². The van der Waals surface area contributed by atoms with Crippen LogP contribution in [0.4, 0.5) is 10.1 Å². The van der Waals surface area contributed by atoms with Crippen LogP contribution in [-0.2, 0) is 14.6 Å². The molecule has 1 unspecified atom stereocenters. The maximum absolute atomic E-state index is 14.2. The number of hydrogen-bond acceptors (Lipinski definition) is 4. The smallest absolute Gasteiger partial charge is 0.228 e. The zero-order valence-electron chi connectivity index (χ0n) is 16.0. The first-order chi connectivity index (χ1) is 13.8. The van der Waals surface area contributed by atoms with Crippen LogP contribution < -0.4 is 10.1 Å². The number of benzene rings is 2. The van der Waals surface area contributed by atoms with Gasteiger partial charge in [0.15, 0.2) is 9.84 Å². The average Bonchev–Trinajstić information content (AvgIpc) is 3.24. The van der Waals surface area contributed by atoms with Gasteiger partial charge in [0.05, 0.1) is 23.4 Å². The molecule has 1 atom stereocenters. The van der Waals surface area contributed by atoms with Crippen LogP contribution in [0.25, 0.3) is 5.69 Å². The van der Waals surface area contributed by atoms with Crippen molar-refractivity contribution in [2.75, 3.05) is 18.2 Å². The van der Waals surface area contributed by atoms with Gasteiger partial charge in [-0.15, -0.1) is 0 Å². The highest BCUT2D eigenvalue weighted by Gasteiger charge is 2.24. The van der Waals surface area contributed by atoms with Crippen molar-refractivity contribution in [3.05, 3.63) is 72.8 Å². The summed E-state index contributed by atoms with van der Waals surface area (Å²) in [6.45, 7) is 1.49. The fraction of sp³-hybridized carbons (Fsp3) is 0.190. The lowest BCUT2D eigenvalue weighted by atomic mass is 10.2. The predicted molar refractivity (Wildman–Crippen MR) is 109 cm³/mol. The van der Waals surface area contributed by atoms with Gasteiger partial charge in [0, 0.05) is 24.0 Å². The molecule has 1 amide bonds. The average molecular weight is 416 g/mol. The molecule has 0 saturated heterocycles. The maximum Gasteiger partial charge on any atom is 0.228 e. The maximum atomic E-state index is 14.2. The molecule has 29 heavy (non-hydrogen) atoms. The third-order valence-corrected chi connectivity index (χ3v) is 6.38. The molecule has 0 fully saturated rings. The molecule has 3 aromatic rings. The number of methoxy groups -OCH3 is 1. The number of nitrogens with zero attached hydrogens (tertiary/aromatic N) is 1. The molecule has 0 saturated carbocycles. The molecule has 0 aliphatic carbocycles. The van der Waals surface area contributed by atoms with Crippen LogP contribution in [0.1, 0.15) is 6.92 Å². The largest absolute Gasteiger partial charge is 0.497 e. The molecule has 0 spiro atoms. The Morgan fingerprint density at radius 3 is 2.41 bits per heavy atom. The Morgan fingerprint density at radius 2 is 1.79 bits per heavy atom. The number of carbonyl (C=O) groups excluding carboxylic acids is 1. The molecular formula is C21H21FN2O4S. The molecule has 1 N–H and O–H groups in total. The first-order valence-corrected chi connectivity index (χ1v) is 10.6. The van der Waals surface area contributed by atoms with Gasteiger partial charge in [-0.25, -0.2) is 12.8 Å². The van der Waals surface area contributed by atoms with Gasteiger partial charge in [0.25, 0.3) is 0 Å². The van der Waals surface area contributed by atoms with E-state index >= 15 is 0 Å². The van der Waals surface area contributed by atoms with Gasteiger partial charge in [-0.3, -0.25) is 4.79 Å². The highest BCUT2D eigenvalue weighted by Crippen LogP contribution is 2.22. The van der Waals surface area contributed by atoms with Gasteiger partial charge in [-0.05, 0) is 54.6 Å². The quantitative estimate of drug-likeness (QED) is 0.638. The Kier molecular flexibility index (Phi) is 6.03. The number of aromatic nitrogens is 1. The number of nitrogens with one attached hydrogen (secondary N) is 1. The van der Waals surface area contributed by atoms with Gasteiger partial charge < -0.3 is 14.6 Å². The van der Waals surface area contributed by atoms with E-state index in [1.807, 2.05) is 12.1 Å². The van der Waals surface area contributed by atoms with E-state index < -0.39 is 33.2 Å². The minimum atomic E-state index is -3.69. The summed E-state index contributed by atoms with van der Waals surface area (Å²) in [5.41, 5.74) is 0.667. The van der Waals surface area contributed by atoms with E-state index in [-0.39, 0.29) is 10.6 Å². The lowest BCUT2D eigenvalue weighted by Gasteiger charge is -2.14. The molecule has 0 radical (unpaired) electrons. The van der Waals surface area contributed by atoms with Crippen LogP contribution in [0.2, 0.25) is 0 Å². The molecule has 0 bridgehead atoms. The minimum Gasteiger partial charge on any atom is -0.497 e. The SMILES string of the molecule is COc1ccc(S(=O)(=O)CC(C)C(=O)Nc2cc(-n3cccc3)ccc2F)cc1. The van der Waals surface area contributed by atoms with Crippen molar-refractivity contribution < 1.29 is 22.3 Å². The van der Waals surface area contributed by atoms with Crippen molar-refractivity contribution in [3.8, 4) is 11.4 Å². The Morgan fingerprint density at radius 1 is 1.14 bits per heavy atom. The van der Waals surface area contributed by atoms with Crippen LogP contribution in [-0.4, -0.2) is 31.8 Å². The third kappa shape index (κ3) is 4.83. The van der Waals surface area contributed by atoms with Crippen molar-refractivity contribution in [1.82, 2.24) is 4.57 Å². The molecular weight excluding hydrogens is 395 g/mol. The summed E-state index contributed by atoms with van der Waals surface area (Å²) in [7, 11) is -2.20. The molecule has 1 aromatic heterocycles. The first kappa shape index (κ1) is 20.6. The molecule has 1 heterocycles. The van der Waals surface area contributed by atoms with Gasteiger partial charge >= 0.3 is 0 Å². The van der Waals surface area contributed by atoms with E-state index in [1.54, 1.807) is 35.2 Å². The fourth-order valence-electron chi connectivity index (χ4n) is 2.82. The van der Waals surface area contributed by atoms with E-state index in [2.05, 4.69) is 5.32 Å². The second kappa shape index (κ2) is 8.48. The minimum absolute atomic E-state index is 0.00473. The first-order valence-electron chi connectivity index (χ1n) is 8.91. The zero-order chi connectivity index (χ0) is 21.0. The van der Waals surface area contributed by atoms with Crippen molar-refractivity contribution >= 4 is 21.4 Å². The van der Waals surface area contributed by atoms with Crippen molar-refractivity contribution in [3.63, 3.8) is 0 Å². The van der Waals surface area contributed by atoms with E-state index in [1.165, 1.54) is 38.3 Å². The fourth-order valence-corrected chi connectivity index (χ4v) is 4.37. The highest BCUT2D eigenvalue weighted by molar-refractivity contribution is 7.91. The highest BCUT2D eigenvalue weighted by atomic mass is 32.2. The predicted octanol–water partition coefficient (Wildman–Crippen LogP) is 3.67. The van der Waals surface area contributed by atoms with E-state index in [0.717, 1.165) is 0 Å². The monoisotopic (exact) mass is 416 g/mol. The number of amides is 1.